The van der Waals surface area contributed by atoms with Gasteiger partial charge in [0.15, 0.2) is 0 Å². The molecule has 0 saturated carbocycles. The van der Waals surface area contributed by atoms with Gasteiger partial charge in [0.25, 0.3) is 0 Å². The van der Waals surface area contributed by atoms with Crippen LogP contribution in [0.2, 0.25) is 0 Å². The second-order valence-corrected chi connectivity index (χ2v) is 4.18. The number of fused-ring (bicyclic) bond motifs is 3. The molecule has 92 valence electrons. The quantitative estimate of drug-likeness (QED) is 0.810. The molecule has 3 rings (SSSR count). The van der Waals surface area contributed by atoms with E-state index in [-0.39, 0.29) is 0 Å². The summed E-state index contributed by atoms with van der Waals surface area (Å²) in [6.45, 7) is 0. The van der Waals surface area contributed by atoms with Crippen LogP contribution < -0.4 is 9.47 Å². The molecule has 0 bridgehead atoms. The van der Waals surface area contributed by atoms with E-state index in [1.54, 1.807) is 26.6 Å². The fraction of sp³-hybridized carbons (Fsp3) is 0.286. The highest BCUT2D eigenvalue weighted by atomic mass is 16.5. The number of nitrogens with zero attached hydrogens (tertiary/aromatic N) is 2. The van der Waals surface area contributed by atoms with E-state index in [9.17, 15) is 0 Å². The molecule has 18 heavy (non-hydrogen) atoms. The van der Waals surface area contributed by atoms with Crippen LogP contribution in [0.4, 0.5) is 0 Å². The third-order valence-electron chi connectivity index (χ3n) is 3.31. The minimum Gasteiger partial charge on any atom is -0.496 e. The van der Waals surface area contributed by atoms with E-state index in [0.29, 0.717) is 0 Å². The number of methoxy groups -OCH3 is 2. The lowest BCUT2D eigenvalue weighted by atomic mass is 9.91. The Bertz CT molecular complexity index is 543. The van der Waals surface area contributed by atoms with Crippen LogP contribution >= 0.6 is 0 Å². The maximum absolute atomic E-state index is 5.39. The molecule has 4 nitrogen and oxygen atoms in total. The number of rotatable bonds is 2. The van der Waals surface area contributed by atoms with Gasteiger partial charge in [-0.05, 0) is 25.0 Å². The summed E-state index contributed by atoms with van der Waals surface area (Å²) in [7, 11) is 3.37. The molecule has 0 N–H and O–H groups in total. The van der Waals surface area contributed by atoms with Crippen molar-refractivity contribution in [1.82, 2.24) is 9.97 Å². The Morgan fingerprint density at radius 2 is 1.28 bits per heavy atom. The van der Waals surface area contributed by atoms with Crippen molar-refractivity contribution in [2.45, 2.75) is 12.8 Å². The molecule has 0 aromatic carbocycles. The van der Waals surface area contributed by atoms with E-state index in [0.717, 1.165) is 46.9 Å². The maximum Gasteiger partial charge on any atom is 0.125 e. The predicted octanol–water partition coefficient (Wildman–Crippen LogP) is 2.26. The third-order valence-corrected chi connectivity index (χ3v) is 3.31. The van der Waals surface area contributed by atoms with Crippen molar-refractivity contribution in [2.24, 2.45) is 0 Å². The second-order valence-electron chi connectivity index (χ2n) is 4.18. The molecule has 0 atom stereocenters. The van der Waals surface area contributed by atoms with Gasteiger partial charge in [-0.3, -0.25) is 9.97 Å². The zero-order chi connectivity index (χ0) is 12.5. The Balaban J connectivity index is 2.24. The first-order chi connectivity index (χ1) is 8.85. The van der Waals surface area contributed by atoms with Gasteiger partial charge in [-0.25, -0.2) is 0 Å². The van der Waals surface area contributed by atoms with Crippen molar-refractivity contribution in [3.05, 3.63) is 35.7 Å². The Kier molecular flexibility index (Phi) is 2.63. The summed E-state index contributed by atoms with van der Waals surface area (Å²) in [5.74, 6) is 1.77. The molecular weight excluding hydrogens is 228 g/mol. The van der Waals surface area contributed by atoms with Crippen LogP contribution in [0.1, 0.15) is 11.1 Å². The Morgan fingerprint density at radius 1 is 0.833 bits per heavy atom. The Morgan fingerprint density at radius 3 is 1.67 bits per heavy atom. The molecular formula is C14H14N2O2. The fourth-order valence-electron chi connectivity index (χ4n) is 2.47. The smallest absolute Gasteiger partial charge is 0.125 e. The molecule has 0 radical (unpaired) electrons. The minimum atomic E-state index is 0.885. The first kappa shape index (κ1) is 11.0. The molecule has 2 aromatic rings. The first-order valence-corrected chi connectivity index (χ1v) is 5.89. The average molecular weight is 242 g/mol. The predicted molar refractivity (Wildman–Crippen MR) is 68.0 cm³/mol. The number of aromatic nitrogens is 2. The summed E-state index contributed by atoms with van der Waals surface area (Å²) in [5.41, 5.74) is 4.09. The van der Waals surface area contributed by atoms with Crippen LogP contribution in [-0.4, -0.2) is 24.2 Å². The van der Waals surface area contributed by atoms with Gasteiger partial charge in [0, 0.05) is 23.5 Å². The molecule has 1 aliphatic rings. The van der Waals surface area contributed by atoms with E-state index < -0.39 is 0 Å². The van der Waals surface area contributed by atoms with E-state index in [4.69, 9.17) is 9.47 Å². The molecule has 1 aliphatic carbocycles. The normalized spacial score (nSPS) is 12.6. The second kappa shape index (κ2) is 4.29. The number of pyridine rings is 2. The van der Waals surface area contributed by atoms with E-state index >= 15 is 0 Å². The van der Waals surface area contributed by atoms with Gasteiger partial charge in [-0.2, -0.15) is 0 Å². The molecule has 2 heterocycles. The van der Waals surface area contributed by atoms with Crippen LogP contribution in [0.25, 0.3) is 11.4 Å². The van der Waals surface area contributed by atoms with Crippen LogP contribution in [0, 0.1) is 0 Å². The van der Waals surface area contributed by atoms with E-state index in [1.165, 1.54) is 0 Å². The highest BCUT2D eigenvalue weighted by molar-refractivity contribution is 5.70. The minimum absolute atomic E-state index is 0.885. The van der Waals surface area contributed by atoms with Gasteiger partial charge in [-0.1, -0.05) is 0 Å². The molecule has 4 heteroatoms. The largest absolute Gasteiger partial charge is 0.496 e. The van der Waals surface area contributed by atoms with Crippen LogP contribution in [0.5, 0.6) is 11.5 Å². The van der Waals surface area contributed by atoms with Gasteiger partial charge >= 0.3 is 0 Å². The summed E-state index contributed by atoms with van der Waals surface area (Å²) in [6.07, 6.45) is 5.32. The van der Waals surface area contributed by atoms with Crippen molar-refractivity contribution in [1.29, 1.82) is 0 Å². The SMILES string of the molecule is COc1ccnc2c1CCc1c(OC)ccnc1-2. The standard InChI is InChI=1S/C14H14N2O2/c1-17-11-5-7-15-13-9(11)3-4-10-12(18-2)6-8-16-14(10)13/h5-8H,3-4H2,1-2H3. The number of ether oxygens (including phenoxy) is 2. The summed E-state index contributed by atoms with van der Waals surface area (Å²) in [4.78, 5) is 8.89. The van der Waals surface area contributed by atoms with Gasteiger partial charge < -0.3 is 9.47 Å². The van der Waals surface area contributed by atoms with Crippen molar-refractivity contribution < 1.29 is 9.47 Å². The fourth-order valence-corrected chi connectivity index (χ4v) is 2.47. The highest BCUT2D eigenvalue weighted by Crippen LogP contribution is 2.38. The zero-order valence-corrected chi connectivity index (χ0v) is 10.4. The molecule has 0 aliphatic heterocycles. The first-order valence-electron chi connectivity index (χ1n) is 5.89. The maximum atomic E-state index is 5.39. The number of hydrogen-bond donors (Lipinski definition) is 0. The lowest BCUT2D eigenvalue weighted by molar-refractivity contribution is 0.404. The third kappa shape index (κ3) is 1.53. The van der Waals surface area contributed by atoms with Crippen LogP contribution in [0.15, 0.2) is 24.5 Å². The lowest BCUT2D eigenvalue weighted by Gasteiger charge is -2.21. The summed E-state index contributed by atoms with van der Waals surface area (Å²) in [5, 5.41) is 0. The summed E-state index contributed by atoms with van der Waals surface area (Å²) in [6, 6.07) is 3.79. The van der Waals surface area contributed by atoms with Gasteiger partial charge in [-0.15, -0.1) is 0 Å². The van der Waals surface area contributed by atoms with Crippen LogP contribution in [0.3, 0.4) is 0 Å². The zero-order valence-electron chi connectivity index (χ0n) is 10.4. The van der Waals surface area contributed by atoms with Crippen molar-refractivity contribution in [3.63, 3.8) is 0 Å². The van der Waals surface area contributed by atoms with Crippen molar-refractivity contribution in [3.8, 4) is 22.9 Å². The van der Waals surface area contributed by atoms with Gasteiger partial charge in [0.05, 0.1) is 25.6 Å². The van der Waals surface area contributed by atoms with Gasteiger partial charge in [0.1, 0.15) is 11.5 Å². The highest BCUT2D eigenvalue weighted by Gasteiger charge is 2.23. The van der Waals surface area contributed by atoms with Crippen LogP contribution in [-0.2, 0) is 12.8 Å². The van der Waals surface area contributed by atoms with Crippen molar-refractivity contribution >= 4 is 0 Å². The molecule has 2 aromatic heterocycles. The van der Waals surface area contributed by atoms with E-state index in [2.05, 4.69) is 9.97 Å². The Hall–Kier alpha value is -2.10. The molecule has 0 amide bonds. The van der Waals surface area contributed by atoms with Crippen molar-refractivity contribution in [2.75, 3.05) is 14.2 Å². The molecule has 0 fully saturated rings. The number of hydrogen-bond acceptors (Lipinski definition) is 4. The summed E-state index contributed by atoms with van der Waals surface area (Å²) >= 11 is 0. The van der Waals surface area contributed by atoms with Gasteiger partial charge in [0.2, 0.25) is 0 Å². The Labute approximate surface area is 106 Å². The molecule has 0 unspecified atom stereocenters. The molecule has 0 spiro atoms. The average Bonchev–Trinajstić information content (AvgIpc) is 2.45. The monoisotopic (exact) mass is 242 g/mol. The lowest BCUT2D eigenvalue weighted by Crippen LogP contribution is -2.10. The topological polar surface area (TPSA) is 44.2 Å². The molecule has 0 saturated heterocycles. The summed E-state index contributed by atoms with van der Waals surface area (Å²) < 4.78 is 10.8. The van der Waals surface area contributed by atoms with E-state index in [1.807, 2.05) is 12.1 Å².